The van der Waals surface area contributed by atoms with Crippen LogP contribution in [0.15, 0.2) is 65.8 Å². The van der Waals surface area contributed by atoms with Crippen LogP contribution in [-0.2, 0) is 0 Å². The molecule has 4 aromatic rings. The molecule has 0 atom stereocenters. The maximum absolute atomic E-state index is 11.4. The maximum atomic E-state index is 11.4. The topological polar surface area (TPSA) is 106 Å². The lowest BCUT2D eigenvalue weighted by atomic mass is 10.1. The fourth-order valence-electron chi connectivity index (χ4n) is 2.73. The quantitative estimate of drug-likeness (QED) is 0.341. The number of imidazole rings is 1. The molecule has 0 fully saturated rings. The number of non-ortho nitro benzene ring substituents is 1. The number of benzene rings is 2. The minimum absolute atomic E-state index is 0.0673. The minimum atomic E-state index is -0.493. The maximum Gasteiger partial charge on any atom is 0.270 e. The second-order valence-electron chi connectivity index (χ2n) is 5.41. The standard InChI is InChI=1S/C17H11N5O3/c23-20-17-16(12-7-4-8-13(9-12)22(24)25)18-15-10-14(19-21(15)17)11-5-2-1-3-6-11/h1-10,19H. The Morgan fingerprint density at radius 1 is 1.04 bits per heavy atom. The first kappa shape index (κ1) is 14.8. The van der Waals surface area contributed by atoms with Crippen LogP contribution in [0.4, 0.5) is 11.5 Å². The molecule has 0 unspecified atom stereocenters. The molecule has 8 nitrogen and oxygen atoms in total. The largest absolute Gasteiger partial charge is 0.290 e. The third-order valence-electron chi connectivity index (χ3n) is 3.89. The van der Waals surface area contributed by atoms with Gasteiger partial charge in [-0.1, -0.05) is 42.5 Å². The zero-order valence-corrected chi connectivity index (χ0v) is 12.8. The van der Waals surface area contributed by atoms with Gasteiger partial charge >= 0.3 is 0 Å². The molecule has 0 saturated heterocycles. The van der Waals surface area contributed by atoms with Crippen molar-refractivity contribution in [1.29, 1.82) is 0 Å². The zero-order valence-electron chi connectivity index (χ0n) is 12.8. The number of aromatic nitrogens is 3. The monoisotopic (exact) mass is 333 g/mol. The van der Waals surface area contributed by atoms with Crippen LogP contribution in [0.3, 0.4) is 0 Å². The highest BCUT2D eigenvalue weighted by Gasteiger charge is 2.19. The molecule has 8 heteroatoms. The fraction of sp³-hybridized carbons (Fsp3) is 0. The lowest BCUT2D eigenvalue weighted by Crippen LogP contribution is -1.89. The van der Waals surface area contributed by atoms with Gasteiger partial charge in [-0.25, -0.2) is 9.50 Å². The second-order valence-corrected chi connectivity index (χ2v) is 5.41. The van der Waals surface area contributed by atoms with Crippen molar-refractivity contribution < 1.29 is 4.92 Å². The molecule has 1 N–H and O–H groups in total. The first-order valence-corrected chi connectivity index (χ1v) is 7.42. The summed E-state index contributed by atoms with van der Waals surface area (Å²) in [7, 11) is 0. The number of nitrogens with zero attached hydrogens (tertiary/aromatic N) is 4. The van der Waals surface area contributed by atoms with Gasteiger partial charge in [0.25, 0.3) is 5.69 Å². The van der Waals surface area contributed by atoms with Crippen LogP contribution in [0.5, 0.6) is 0 Å². The van der Waals surface area contributed by atoms with Gasteiger partial charge in [0.15, 0.2) is 5.65 Å². The average Bonchev–Trinajstić information content (AvgIpc) is 3.20. The highest BCUT2D eigenvalue weighted by Crippen LogP contribution is 2.33. The lowest BCUT2D eigenvalue weighted by molar-refractivity contribution is -0.384. The molecular weight excluding hydrogens is 322 g/mol. The number of nitro groups is 1. The lowest BCUT2D eigenvalue weighted by Gasteiger charge is -1.99. The number of rotatable bonds is 4. The minimum Gasteiger partial charge on any atom is -0.290 e. The third kappa shape index (κ3) is 2.45. The van der Waals surface area contributed by atoms with Crippen LogP contribution in [0.25, 0.3) is 28.2 Å². The molecule has 122 valence electrons. The molecule has 0 amide bonds. The predicted octanol–water partition coefficient (Wildman–Crippen LogP) is 4.30. The van der Waals surface area contributed by atoms with Crippen molar-refractivity contribution >= 4 is 17.2 Å². The number of fused-ring (bicyclic) bond motifs is 1. The van der Waals surface area contributed by atoms with Crippen molar-refractivity contribution in [3.8, 4) is 22.5 Å². The Hall–Kier alpha value is -3.81. The summed E-state index contributed by atoms with van der Waals surface area (Å²) in [5.41, 5.74) is 2.93. The van der Waals surface area contributed by atoms with E-state index < -0.39 is 4.92 Å². The van der Waals surface area contributed by atoms with E-state index in [0.29, 0.717) is 16.9 Å². The van der Waals surface area contributed by atoms with Gasteiger partial charge < -0.3 is 0 Å². The number of nitrogens with one attached hydrogen (secondary N) is 1. The predicted molar refractivity (Wildman–Crippen MR) is 92.5 cm³/mol. The van der Waals surface area contributed by atoms with Gasteiger partial charge in [-0.15, -0.1) is 4.91 Å². The van der Waals surface area contributed by atoms with Crippen molar-refractivity contribution in [2.24, 2.45) is 5.18 Å². The summed E-state index contributed by atoms with van der Waals surface area (Å²) < 4.78 is 1.48. The molecule has 2 aromatic heterocycles. The number of aromatic amines is 1. The Labute approximate surface area is 140 Å². The summed E-state index contributed by atoms with van der Waals surface area (Å²) in [6, 6.07) is 17.3. The summed E-state index contributed by atoms with van der Waals surface area (Å²) >= 11 is 0. The zero-order chi connectivity index (χ0) is 17.4. The van der Waals surface area contributed by atoms with E-state index in [1.807, 2.05) is 30.3 Å². The normalized spacial score (nSPS) is 10.9. The Morgan fingerprint density at radius 2 is 1.80 bits per heavy atom. The Bertz CT molecular complexity index is 1100. The number of H-pyrrole nitrogens is 1. The van der Waals surface area contributed by atoms with Crippen LogP contribution in [-0.4, -0.2) is 19.5 Å². The Balaban J connectivity index is 1.86. The molecule has 0 bridgehead atoms. The molecule has 2 heterocycles. The summed E-state index contributed by atoms with van der Waals surface area (Å²) in [6.07, 6.45) is 0. The van der Waals surface area contributed by atoms with Crippen LogP contribution < -0.4 is 0 Å². The number of hydrogen-bond donors (Lipinski definition) is 1. The smallest absolute Gasteiger partial charge is 0.270 e. The highest BCUT2D eigenvalue weighted by atomic mass is 16.6. The summed E-state index contributed by atoms with van der Waals surface area (Å²) in [5.74, 6) is 0.0673. The van der Waals surface area contributed by atoms with E-state index in [2.05, 4.69) is 15.3 Å². The molecule has 2 aromatic carbocycles. The van der Waals surface area contributed by atoms with Gasteiger partial charge in [0, 0.05) is 23.8 Å². The van der Waals surface area contributed by atoms with Gasteiger partial charge in [-0.3, -0.25) is 15.2 Å². The fourth-order valence-corrected chi connectivity index (χ4v) is 2.73. The van der Waals surface area contributed by atoms with Gasteiger partial charge in [0.2, 0.25) is 5.82 Å². The van der Waals surface area contributed by atoms with Gasteiger partial charge in [-0.2, -0.15) is 0 Å². The molecule has 4 rings (SSSR count). The highest BCUT2D eigenvalue weighted by molar-refractivity contribution is 5.77. The van der Waals surface area contributed by atoms with Crippen molar-refractivity contribution in [2.75, 3.05) is 0 Å². The molecule has 0 aliphatic carbocycles. The van der Waals surface area contributed by atoms with Crippen LogP contribution >= 0.6 is 0 Å². The van der Waals surface area contributed by atoms with Gasteiger partial charge in [-0.05, 0) is 10.7 Å². The van der Waals surface area contributed by atoms with Gasteiger partial charge in [0.05, 0.1) is 10.6 Å². The molecule has 0 radical (unpaired) electrons. The van der Waals surface area contributed by atoms with E-state index >= 15 is 0 Å². The van der Waals surface area contributed by atoms with Crippen molar-refractivity contribution in [1.82, 2.24) is 14.6 Å². The van der Waals surface area contributed by atoms with E-state index in [9.17, 15) is 15.0 Å². The summed E-state index contributed by atoms with van der Waals surface area (Å²) in [6.45, 7) is 0. The molecule has 0 aliphatic rings. The molecule has 0 aliphatic heterocycles. The number of nitroso groups, excluding NO2 is 1. The van der Waals surface area contributed by atoms with Crippen LogP contribution in [0, 0.1) is 15.0 Å². The first-order valence-electron chi connectivity index (χ1n) is 7.42. The molecular formula is C17H11N5O3. The summed E-state index contributed by atoms with van der Waals surface area (Å²) in [5, 5.41) is 17.1. The van der Waals surface area contributed by atoms with Gasteiger partial charge in [0.1, 0.15) is 5.69 Å². The average molecular weight is 333 g/mol. The van der Waals surface area contributed by atoms with Crippen molar-refractivity contribution in [2.45, 2.75) is 0 Å². The second kappa shape index (κ2) is 5.68. The Morgan fingerprint density at radius 3 is 2.52 bits per heavy atom. The number of hydrogen-bond acceptors (Lipinski definition) is 5. The Kier molecular flexibility index (Phi) is 3.35. The van der Waals surface area contributed by atoms with Crippen LogP contribution in [0.2, 0.25) is 0 Å². The van der Waals surface area contributed by atoms with E-state index in [1.165, 1.54) is 16.6 Å². The summed E-state index contributed by atoms with van der Waals surface area (Å²) in [4.78, 5) is 26.2. The molecule has 0 spiro atoms. The van der Waals surface area contributed by atoms with E-state index in [4.69, 9.17) is 0 Å². The van der Waals surface area contributed by atoms with E-state index in [1.54, 1.807) is 18.2 Å². The first-order chi connectivity index (χ1) is 12.2. The number of nitro benzene ring substituents is 1. The van der Waals surface area contributed by atoms with Crippen molar-refractivity contribution in [3.05, 3.63) is 75.7 Å². The molecule has 25 heavy (non-hydrogen) atoms. The van der Waals surface area contributed by atoms with E-state index in [-0.39, 0.29) is 11.5 Å². The third-order valence-corrected chi connectivity index (χ3v) is 3.89. The van der Waals surface area contributed by atoms with Crippen LogP contribution in [0.1, 0.15) is 0 Å². The SMILES string of the molecule is O=Nc1c(-c2cccc([N+](=O)[O-])c2)nc2cc(-c3ccccc3)[nH]n12. The van der Waals surface area contributed by atoms with E-state index in [0.717, 1.165) is 11.3 Å². The molecule has 0 saturated carbocycles. The van der Waals surface area contributed by atoms with Crippen molar-refractivity contribution in [3.63, 3.8) is 0 Å².